The Kier molecular flexibility index (Phi) is 9.71. The van der Waals surface area contributed by atoms with Gasteiger partial charge in [0.25, 0.3) is 11.8 Å². The number of aliphatic hydroxyl groups is 1. The third-order valence-corrected chi connectivity index (χ3v) is 11.3. The van der Waals surface area contributed by atoms with E-state index in [-0.39, 0.29) is 44.4 Å². The molecule has 11 nitrogen and oxygen atoms in total. The zero-order chi connectivity index (χ0) is 36.6. The van der Waals surface area contributed by atoms with E-state index in [0.29, 0.717) is 42.7 Å². The maximum atomic E-state index is 15.2. The van der Waals surface area contributed by atoms with Crippen molar-refractivity contribution in [2.45, 2.75) is 56.8 Å². The number of imide groups is 2. The molecule has 3 aromatic rings. The van der Waals surface area contributed by atoms with Crippen molar-refractivity contribution in [3.8, 4) is 5.75 Å². The van der Waals surface area contributed by atoms with E-state index in [0.717, 1.165) is 21.7 Å². The average Bonchev–Trinajstić information content (AvgIpc) is 3.52. The minimum Gasteiger partial charge on any atom is -0.491 e. The molecule has 0 radical (unpaired) electrons. The van der Waals surface area contributed by atoms with Crippen molar-refractivity contribution in [1.82, 2.24) is 9.91 Å². The van der Waals surface area contributed by atoms with Crippen LogP contribution in [-0.4, -0.2) is 69.5 Å². The SMILES string of the molecule is Cc1ccc(NN2C(=O)C3CC4C(=CCC5C(=O)N(CCCCCC(=O)O)C(=O)C54)C(c4ccc(OCCO)cc4)C3(c3ccccc3)C2=O)cc1. The topological polar surface area (TPSA) is 154 Å². The second-order valence-corrected chi connectivity index (χ2v) is 14.3. The zero-order valence-corrected chi connectivity index (χ0v) is 29.1. The standard InChI is InChI=1S/C41H43N3O8/c1-25-11-15-28(16-12-25)42-44-38(49)33-24-32-30(19-20-31-35(32)39(50)43(37(31)48)21-7-3-6-10-34(46)47)36(26-13-17-29(18-14-26)52-23-22-45)41(33,40(44)51)27-8-4-2-5-9-27/h2,4-5,8-9,11-19,31-33,35-36,42,45H,3,6-7,10,20-24H2,1H3,(H,46,47). The quantitative estimate of drug-likeness (QED) is 0.127. The number of aliphatic carboxylic acids is 1. The van der Waals surface area contributed by atoms with Crippen LogP contribution in [0, 0.1) is 30.6 Å². The molecule has 270 valence electrons. The molecular weight excluding hydrogens is 662 g/mol. The summed E-state index contributed by atoms with van der Waals surface area (Å²) in [6.45, 7) is 2.15. The highest BCUT2D eigenvalue weighted by atomic mass is 16.5. The molecule has 7 rings (SSSR count). The molecule has 52 heavy (non-hydrogen) atoms. The molecule has 2 saturated heterocycles. The highest BCUT2D eigenvalue weighted by Crippen LogP contribution is 2.64. The van der Waals surface area contributed by atoms with E-state index in [9.17, 15) is 24.3 Å². The second-order valence-electron chi connectivity index (χ2n) is 14.3. The van der Waals surface area contributed by atoms with Crippen molar-refractivity contribution >= 4 is 35.3 Å². The van der Waals surface area contributed by atoms with Gasteiger partial charge < -0.3 is 14.9 Å². The molecule has 2 aliphatic carbocycles. The summed E-state index contributed by atoms with van der Waals surface area (Å²) < 4.78 is 5.66. The lowest BCUT2D eigenvalue weighted by Crippen LogP contribution is -2.53. The number of carboxylic acids is 1. The summed E-state index contributed by atoms with van der Waals surface area (Å²) >= 11 is 0. The summed E-state index contributed by atoms with van der Waals surface area (Å²) in [5, 5.41) is 19.5. The van der Waals surface area contributed by atoms with Crippen LogP contribution in [0.1, 0.15) is 61.1 Å². The fraction of sp³-hybridized carbons (Fsp3) is 0.390. The summed E-state index contributed by atoms with van der Waals surface area (Å²) in [5.41, 5.74) is 5.69. The minimum atomic E-state index is -1.37. The molecule has 0 spiro atoms. The Morgan fingerprint density at radius 1 is 0.885 bits per heavy atom. The van der Waals surface area contributed by atoms with Crippen molar-refractivity contribution in [3.05, 3.63) is 107 Å². The predicted molar refractivity (Wildman–Crippen MR) is 191 cm³/mol. The molecular formula is C41H43N3O8. The van der Waals surface area contributed by atoms with Gasteiger partial charge in [-0.3, -0.25) is 34.3 Å². The van der Waals surface area contributed by atoms with E-state index >= 15 is 4.79 Å². The van der Waals surface area contributed by atoms with Gasteiger partial charge in [-0.25, -0.2) is 0 Å². The lowest BCUT2D eigenvalue weighted by molar-refractivity contribution is -0.141. The van der Waals surface area contributed by atoms with E-state index in [2.05, 4.69) is 5.43 Å². The van der Waals surface area contributed by atoms with Crippen LogP contribution in [0.2, 0.25) is 0 Å². The number of unbranched alkanes of at least 4 members (excludes halogenated alkanes) is 2. The summed E-state index contributed by atoms with van der Waals surface area (Å²) in [6, 6.07) is 24.2. The third kappa shape index (κ3) is 5.96. The number of fused-ring (bicyclic) bond motifs is 4. The van der Waals surface area contributed by atoms with Gasteiger partial charge in [0.2, 0.25) is 11.8 Å². The minimum absolute atomic E-state index is 0.0332. The van der Waals surface area contributed by atoms with Gasteiger partial charge in [-0.15, -0.1) is 0 Å². The Hall–Kier alpha value is -5.29. The molecule has 3 fully saturated rings. The number of hydrogen-bond donors (Lipinski definition) is 3. The number of benzene rings is 3. The number of hydrazine groups is 1. The van der Waals surface area contributed by atoms with Crippen LogP contribution in [0.15, 0.2) is 90.5 Å². The molecule has 2 heterocycles. The lowest BCUT2D eigenvalue weighted by atomic mass is 9.49. The Morgan fingerprint density at radius 3 is 2.31 bits per heavy atom. The molecule has 6 unspecified atom stereocenters. The molecule has 0 bridgehead atoms. The first-order chi connectivity index (χ1) is 25.2. The predicted octanol–water partition coefficient (Wildman–Crippen LogP) is 5.00. The highest BCUT2D eigenvalue weighted by Gasteiger charge is 2.70. The van der Waals surface area contributed by atoms with Gasteiger partial charge in [-0.1, -0.05) is 78.2 Å². The van der Waals surface area contributed by atoms with E-state index in [1.165, 1.54) is 4.90 Å². The number of likely N-dealkylation sites (tertiary alicyclic amines) is 1. The van der Waals surface area contributed by atoms with Crippen LogP contribution >= 0.6 is 0 Å². The number of carbonyl (C=O) groups is 5. The van der Waals surface area contributed by atoms with Crippen molar-refractivity contribution < 1.29 is 38.9 Å². The van der Waals surface area contributed by atoms with E-state index < -0.39 is 52.8 Å². The largest absolute Gasteiger partial charge is 0.491 e. The van der Waals surface area contributed by atoms with Crippen molar-refractivity contribution in [2.24, 2.45) is 23.7 Å². The maximum Gasteiger partial charge on any atom is 0.303 e. The Balaban J connectivity index is 1.32. The fourth-order valence-electron chi connectivity index (χ4n) is 9.05. The number of carboxylic acid groups (broad SMARTS) is 1. The Morgan fingerprint density at radius 2 is 1.62 bits per heavy atom. The third-order valence-electron chi connectivity index (χ3n) is 11.3. The molecule has 6 atom stereocenters. The number of aryl methyl sites for hydroxylation is 1. The molecule has 3 aromatic carbocycles. The summed E-state index contributed by atoms with van der Waals surface area (Å²) in [7, 11) is 0. The first kappa shape index (κ1) is 35.1. The van der Waals surface area contributed by atoms with Crippen LogP contribution in [-0.2, 0) is 29.4 Å². The van der Waals surface area contributed by atoms with E-state index in [1.54, 1.807) is 12.1 Å². The number of amides is 4. The summed E-state index contributed by atoms with van der Waals surface area (Å²) in [4.78, 5) is 70.3. The molecule has 4 aliphatic rings. The number of nitrogens with zero attached hydrogens (tertiary/aromatic N) is 2. The van der Waals surface area contributed by atoms with Gasteiger partial charge in [-0.05, 0) is 73.9 Å². The fourth-order valence-corrected chi connectivity index (χ4v) is 9.05. The first-order valence-electron chi connectivity index (χ1n) is 18.0. The number of rotatable bonds is 13. The van der Waals surface area contributed by atoms with Gasteiger partial charge in [0.05, 0.1) is 35.5 Å². The van der Waals surface area contributed by atoms with Crippen molar-refractivity contribution in [1.29, 1.82) is 0 Å². The van der Waals surface area contributed by atoms with E-state index in [4.69, 9.17) is 9.84 Å². The average molecular weight is 706 g/mol. The van der Waals surface area contributed by atoms with Crippen LogP contribution in [0.25, 0.3) is 0 Å². The van der Waals surface area contributed by atoms with Crippen molar-refractivity contribution in [2.75, 3.05) is 25.2 Å². The van der Waals surface area contributed by atoms with Gasteiger partial charge in [0, 0.05) is 18.9 Å². The van der Waals surface area contributed by atoms with Crippen LogP contribution in [0.5, 0.6) is 5.75 Å². The molecule has 2 aliphatic heterocycles. The normalized spacial score (nSPS) is 26.5. The molecule has 4 amide bonds. The number of nitrogens with one attached hydrogen (secondary N) is 1. The zero-order valence-electron chi connectivity index (χ0n) is 29.1. The number of ether oxygens (including phenoxy) is 1. The Bertz CT molecular complexity index is 1890. The number of allylic oxidation sites excluding steroid dienone is 2. The summed E-state index contributed by atoms with van der Waals surface area (Å²) in [5.74, 6) is -4.86. The number of aliphatic hydroxyl groups excluding tert-OH is 1. The number of hydrogen-bond acceptors (Lipinski definition) is 8. The lowest BCUT2D eigenvalue weighted by Gasteiger charge is -2.50. The number of anilines is 1. The molecule has 11 heteroatoms. The highest BCUT2D eigenvalue weighted by molar-refractivity contribution is 6.13. The van der Waals surface area contributed by atoms with Crippen molar-refractivity contribution in [3.63, 3.8) is 0 Å². The van der Waals surface area contributed by atoms with E-state index in [1.807, 2.05) is 79.7 Å². The Labute approximate surface area is 302 Å². The smallest absolute Gasteiger partial charge is 0.303 e. The first-order valence-corrected chi connectivity index (χ1v) is 18.0. The molecule has 0 aromatic heterocycles. The van der Waals surface area contributed by atoms with Gasteiger partial charge >= 0.3 is 5.97 Å². The molecule has 3 N–H and O–H groups in total. The maximum absolute atomic E-state index is 15.2. The second kappa shape index (κ2) is 14.4. The monoisotopic (exact) mass is 705 g/mol. The van der Waals surface area contributed by atoms with Crippen LogP contribution < -0.4 is 10.2 Å². The number of carbonyl (C=O) groups excluding carboxylic acids is 4. The summed E-state index contributed by atoms with van der Waals surface area (Å²) in [6.07, 6.45) is 4.15. The van der Waals surface area contributed by atoms with Crippen LogP contribution in [0.3, 0.4) is 0 Å². The molecule has 1 saturated carbocycles. The van der Waals surface area contributed by atoms with Gasteiger partial charge in [0.15, 0.2) is 0 Å². The van der Waals surface area contributed by atoms with Crippen LogP contribution in [0.4, 0.5) is 5.69 Å². The van der Waals surface area contributed by atoms with Gasteiger partial charge in [-0.2, -0.15) is 5.01 Å². The van der Waals surface area contributed by atoms with Gasteiger partial charge in [0.1, 0.15) is 12.4 Å².